The monoisotopic (exact) mass is 375 g/mol. The molecule has 3 aromatic heterocycles. The van der Waals surface area contributed by atoms with Crippen LogP contribution in [0.4, 0.5) is 0 Å². The molecule has 1 N–H and O–H groups in total. The van der Waals surface area contributed by atoms with Gasteiger partial charge in [0.15, 0.2) is 0 Å². The lowest BCUT2D eigenvalue weighted by Crippen LogP contribution is -2.14. The van der Waals surface area contributed by atoms with Gasteiger partial charge in [-0.1, -0.05) is 12.1 Å². The van der Waals surface area contributed by atoms with E-state index in [1.165, 1.54) is 17.5 Å². The molecular weight excluding hydrogens is 362 g/mol. The Kier molecular flexibility index (Phi) is 4.60. The van der Waals surface area contributed by atoms with Gasteiger partial charge in [0.1, 0.15) is 17.5 Å². The third-order valence-electron chi connectivity index (χ3n) is 3.89. The van der Waals surface area contributed by atoms with Gasteiger partial charge in [-0.3, -0.25) is 4.79 Å². The number of ether oxygens (including phenoxy) is 1. The molecule has 0 aliphatic heterocycles. The molecule has 7 nitrogen and oxygen atoms in total. The van der Waals surface area contributed by atoms with E-state index in [2.05, 4.69) is 26.0 Å². The number of benzene rings is 1. The summed E-state index contributed by atoms with van der Waals surface area (Å²) in [6, 6.07) is 15.1. The van der Waals surface area contributed by atoms with Gasteiger partial charge in [-0.2, -0.15) is 10.2 Å². The van der Waals surface area contributed by atoms with E-state index in [1.807, 2.05) is 24.3 Å². The standard InChI is InChI=1S/C19H13N5O2S/c20-10-13(18-23-15-5-1-2-6-16(15)27-18)14-7-9-22-19(24-14)26-11-12-4-3-8-21-17(12)25/h1-9,13H,11H2,(H,21,25). The van der Waals surface area contributed by atoms with E-state index < -0.39 is 5.92 Å². The largest absolute Gasteiger partial charge is 0.458 e. The number of hydrogen-bond donors (Lipinski definition) is 1. The summed E-state index contributed by atoms with van der Waals surface area (Å²) in [4.78, 5) is 27.2. The molecule has 4 rings (SSSR count). The summed E-state index contributed by atoms with van der Waals surface area (Å²) >= 11 is 1.46. The van der Waals surface area contributed by atoms with Crippen LogP contribution in [0.25, 0.3) is 10.2 Å². The van der Waals surface area contributed by atoms with Crippen LogP contribution in [0.5, 0.6) is 6.01 Å². The predicted octanol–water partition coefficient (Wildman–Crippen LogP) is 3.01. The van der Waals surface area contributed by atoms with Crippen molar-refractivity contribution in [3.8, 4) is 12.1 Å². The molecule has 0 bridgehead atoms. The third-order valence-corrected chi connectivity index (χ3v) is 5.00. The number of nitriles is 1. The van der Waals surface area contributed by atoms with Crippen LogP contribution < -0.4 is 10.3 Å². The lowest BCUT2D eigenvalue weighted by atomic mass is 10.1. The zero-order valence-electron chi connectivity index (χ0n) is 14.0. The van der Waals surface area contributed by atoms with Crippen LogP contribution in [-0.4, -0.2) is 19.9 Å². The number of fused-ring (bicyclic) bond motifs is 1. The maximum absolute atomic E-state index is 11.7. The molecule has 1 unspecified atom stereocenters. The first-order chi connectivity index (χ1) is 13.2. The number of H-pyrrole nitrogens is 1. The van der Waals surface area contributed by atoms with E-state index in [-0.39, 0.29) is 18.2 Å². The normalized spacial score (nSPS) is 11.8. The van der Waals surface area contributed by atoms with E-state index in [0.29, 0.717) is 16.3 Å². The Morgan fingerprint density at radius 2 is 2.07 bits per heavy atom. The number of rotatable bonds is 5. The molecule has 0 radical (unpaired) electrons. The average Bonchev–Trinajstić information content (AvgIpc) is 3.12. The molecular formula is C19H13N5O2S. The van der Waals surface area contributed by atoms with Crippen molar-refractivity contribution >= 4 is 21.6 Å². The number of aromatic nitrogens is 4. The highest BCUT2D eigenvalue weighted by atomic mass is 32.1. The number of nitrogens with zero attached hydrogens (tertiary/aromatic N) is 4. The van der Waals surface area contributed by atoms with Gasteiger partial charge >= 0.3 is 6.01 Å². The van der Waals surface area contributed by atoms with Crippen molar-refractivity contribution < 1.29 is 4.74 Å². The number of thiazole rings is 1. The topological polar surface area (TPSA) is 105 Å². The maximum Gasteiger partial charge on any atom is 0.316 e. The lowest BCUT2D eigenvalue weighted by Gasteiger charge is -2.08. The summed E-state index contributed by atoms with van der Waals surface area (Å²) < 4.78 is 6.55. The summed E-state index contributed by atoms with van der Waals surface area (Å²) in [7, 11) is 0. The summed E-state index contributed by atoms with van der Waals surface area (Å²) in [6.45, 7) is 0.0397. The minimum absolute atomic E-state index is 0.0397. The first kappa shape index (κ1) is 16.9. The van der Waals surface area contributed by atoms with E-state index in [0.717, 1.165) is 10.2 Å². The van der Waals surface area contributed by atoms with Crippen molar-refractivity contribution in [1.29, 1.82) is 5.26 Å². The van der Waals surface area contributed by atoms with Crippen molar-refractivity contribution in [3.05, 3.63) is 81.5 Å². The smallest absolute Gasteiger partial charge is 0.316 e. The Balaban J connectivity index is 1.59. The van der Waals surface area contributed by atoms with Crippen molar-refractivity contribution in [1.82, 2.24) is 19.9 Å². The Hall–Kier alpha value is -3.57. The zero-order valence-corrected chi connectivity index (χ0v) is 14.8. The van der Waals surface area contributed by atoms with Gasteiger partial charge in [0, 0.05) is 12.4 Å². The Bertz CT molecular complexity index is 1160. The van der Waals surface area contributed by atoms with Gasteiger partial charge in [-0.25, -0.2) is 9.97 Å². The van der Waals surface area contributed by atoms with Gasteiger partial charge in [-0.05, 0) is 30.3 Å². The Labute approximate surface area is 158 Å². The van der Waals surface area contributed by atoms with Crippen LogP contribution in [-0.2, 0) is 6.61 Å². The fourth-order valence-electron chi connectivity index (χ4n) is 2.56. The Morgan fingerprint density at radius 3 is 2.89 bits per heavy atom. The molecule has 0 aliphatic carbocycles. The van der Waals surface area contributed by atoms with Crippen molar-refractivity contribution in [2.75, 3.05) is 0 Å². The van der Waals surface area contributed by atoms with Crippen LogP contribution in [0.2, 0.25) is 0 Å². The minimum Gasteiger partial charge on any atom is -0.458 e. The summed E-state index contributed by atoms with van der Waals surface area (Å²) in [5.74, 6) is -0.618. The first-order valence-electron chi connectivity index (χ1n) is 8.12. The van der Waals surface area contributed by atoms with E-state index >= 15 is 0 Å². The lowest BCUT2D eigenvalue weighted by molar-refractivity contribution is 0.278. The molecule has 0 amide bonds. The van der Waals surface area contributed by atoms with E-state index in [9.17, 15) is 10.1 Å². The molecule has 0 aliphatic rings. The number of para-hydroxylation sites is 1. The fourth-order valence-corrected chi connectivity index (χ4v) is 3.58. The molecule has 4 aromatic rings. The SMILES string of the molecule is N#CC(c1ccnc(OCc2ccc[nH]c2=O)n1)c1nc2ccccc2s1. The molecule has 3 heterocycles. The van der Waals surface area contributed by atoms with Crippen molar-refractivity contribution in [3.63, 3.8) is 0 Å². The highest BCUT2D eigenvalue weighted by Crippen LogP contribution is 2.30. The first-order valence-corrected chi connectivity index (χ1v) is 8.93. The summed E-state index contributed by atoms with van der Waals surface area (Å²) in [5, 5.41) is 10.3. The second-order valence-corrected chi connectivity index (χ2v) is 6.72. The summed E-state index contributed by atoms with van der Waals surface area (Å²) in [5.41, 5.74) is 1.60. The average molecular weight is 375 g/mol. The predicted molar refractivity (Wildman–Crippen MR) is 101 cm³/mol. The fraction of sp³-hybridized carbons (Fsp3) is 0.105. The molecule has 8 heteroatoms. The third kappa shape index (κ3) is 3.54. The molecule has 0 spiro atoms. The van der Waals surface area contributed by atoms with Crippen molar-refractivity contribution in [2.45, 2.75) is 12.5 Å². The van der Waals surface area contributed by atoms with Gasteiger partial charge in [0.2, 0.25) is 0 Å². The maximum atomic E-state index is 11.7. The quantitative estimate of drug-likeness (QED) is 0.575. The number of pyridine rings is 1. The minimum atomic E-state index is -0.618. The molecule has 132 valence electrons. The molecule has 1 aromatic carbocycles. The van der Waals surface area contributed by atoms with Gasteiger partial charge in [-0.15, -0.1) is 11.3 Å². The molecule has 0 saturated heterocycles. The van der Waals surface area contributed by atoms with Crippen LogP contribution in [0.1, 0.15) is 22.2 Å². The van der Waals surface area contributed by atoms with Gasteiger partial charge in [0.25, 0.3) is 5.56 Å². The Morgan fingerprint density at radius 1 is 1.19 bits per heavy atom. The molecule has 0 saturated carbocycles. The highest BCUT2D eigenvalue weighted by molar-refractivity contribution is 7.18. The van der Waals surface area contributed by atoms with Crippen LogP contribution in [0.15, 0.2) is 59.7 Å². The summed E-state index contributed by atoms with van der Waals surface area (Å²) in [6.07, 6.45) is 3.09. The number of hydrogen-bond acceptors (Lipinski definition) is 7. The van der Waals surface area contributed by atoms with Gasteiger partial charge < -0.3 is 9.72 Å². The second-order valence-electron chi connectivity index (χ2n) is 5.66. The second kappa shape index (κ2) is 7.35. The zero-order chi connectivity index (χ0) is 18.6. The van der Waals surface area contributed by atoms with Crippen LogP contribution in [0.3, 0.4) is 0 Å². The van der Waals surface area contributed by atoms with Crippen LogP contribution >= 0.6 is 11.3 Å². The number of nitrogens with one attached hydrogen (secondary N) is 1. The molecule has 1 atom stereocenters. The molecule has 0 fully saturated rings. The van der Waals surface area contributed by atoms with E-state index in [1.54, 1.807) is 24.4 Å². The van der Waals surface area contributed by atoms with Crippen LogP contribution in [0, 0.1) is 11.3 Å². The van der Waals surface area contributed by atoms with E-state index in [4.69, 9.17) is 4.74 Å². The highest BCUT2D eigenvalue weighted by Gasteiger charge is 2.20. The number of aromatic amines is 1. The van der Waals surface area contributed by atoms with Crippen molar-refractivity contribution in [2.24, 2.45) is 0 Å². The molecule has 27 heavy (non-hydrogen) atoms. The van der Waals surface area contributed by atoms with Gasteiger partial charge in [0.05, 0.1) is 27.5 Å².